The molecule has 1 amide bonds. The number of rotatable bonds is 4. The van der Waals surface area contributed by atoms with Gasteiger partial charge in [0.2, 0.25) is 3.79 Å². The number of alkyl halides is 3. The van der Waals surface area contributed by atoms with E-state index in [2.05, 4.69) is 5.32 Å². The maximum atomic E-state index is 12.3. The fourth-order valence-electron chi connectivity index (χ4n) is 1.65. The first-order valence-electron chi connectivity index (χ1n) is 6.21. The molecule has 116 valence electrons. The van der Waals surface area contributed by atoms with Crippen molar-refractivity contribution >= 4 is 64.1 Å². The molecule has 7 heteroatoms. The number of carbonyl (C=O) groups is 1. The van der Waals surface area contributed by atoms with Gasteiger partial charge in [-0.25, -0.2) is 0 Å². The third kappa shape index (κ3) is 5.25. The summed E-state index contributed by atoms with van der Waals surface area (Å²) in [6.45, 7) is 0. The van der Waals surface area contributed by atoms with Crippen molar-refractivity contribution < 1.29 is 4.79 Å². The lowest BCUT2D eigenvalue weighted by Gasteiger charge is -2.25. The molecule has 0 saturated heterocycles. The number of hydrogen-bond acceptors (Lipinski definition) is 2. The van der Waals surface area contributed by atoms with Gasteiger partial charge < -0.3 is 5.32 Å². The van der Waals surface area contributed by atoms with Gasteiger partial charge in [0.25, 0.3) is 5.91 Å². The van der Waals surface area contributed by atoms with Crippen LogP contribution < -0.4 is 5.32 Å². The van der Waals surface area contributed by atoms with Crippen molar-refractivity contribution in [2.75, 3.05) is 0 Å². The van der Waals surface area contributed by atoms with Crippen molar-refractivity contribution in [1.29, 1.82) is 0 Å². The predicted molar refractivity (Wildman–Crippen MR) is 95.3 cm³/mol. The van der Waals surface area contributed by atoms with Gasteiger partial charge in [-0.15, -0.1) is 0 Å². The van der Waals surface area contributed by atoms with Crippen LogP contribution in [0.1, 0.15) is 10.4 Å². The summed E-state index contributed by atoms with van der Waals surface area (Å²) >= 11 is 25.1. The Bertz CT molecular complexity index is 645. The molecule has 0 heterocycles. The van der Waals surface area contributed by atoms with Crippen LogP contribution in [-0.4, -0.2) is 15.1 Å². The van der Waals surface area contributed by atoms with Gasteiger partial charge in [0.1, 0.15) is 5.37 Å². The fourth-order valence-corrected chi connectivity index (χ4v) is 3.29. The molecule has 0 saturated carbocycles. The van der Waals surface area contributed by atoms with E-state index in [0.717, 1.165) is 4.90 Å². The molecule has 2 aromatic carbocycles. The molecule has 0 spiro atoms. The Kier molecular flexibility index (Phi) is 6.30. The first kappa shape index (κ1) is 17.8. The summed E-state index contributed by atoms with van der Waals surface area (Å²) in [5.41, 5.74) is 0.403. The number of carbonyl (C=O) groups excluding carboxylic acids is 1. The van der Waals surface area contributed by atoms with E-state index in [1.165, 1.54) is 11.8 Å². The molecule has 0 aromatic heterocycles. The van der Waals surface area contributed by atoms with Crippen molar-refractivity contribution in [2.45, 2.75) is 14.1 Å². The van der Waals surface area contributed by atoms with Crippen LogP contribution in [0.25, 0.3) is 0 Å². The number of thioether (sulfide) groups is 1. The van der Waals surface area contributed by atoms with E-state index in [-0.39, 0.29) is 5.91 Å². The monoisotopic (exact) mass is 393 g/mol. The second-order valence-electron chi connectivity index (χ2n) is 4.34. The highest BCUT2D eigenvalue weighted by molar-refractivity contribution is 8.00. The molecule has 0 aliphatic rings. The van der Waals surface area contributed by atoms with Crippen LogP contribution in [0.4, 0.5) is 0 Å². The van der Waals surface area contributed by atoms with E-state index in [1.54, 1.807) is 24.3 Å². The lowest BCUT2D eigenvalue weighted by molar-refractivity contribution is 0.0950. The number of nitrogens with one attached hydrogen (secondary N) is 1. The molecule has 0 unspecified atom stereocenters. The van der Waals surface area contributed by atoms with Crippen molar-refractivity contribution in [2.24, 2.45) is 0 Å². The van der Waals surface area contributed by atoms with E-state index in [9.17, 15) is 4.79 Å². The molecule has 0 radical (unpaired) electrons. The van der Waals surface area contributed by atoms with E-state index < -0.39 is 9.17 Å². The summed E-state index contributed by atoms with van der Waals surface area (Å²) < 4.78 is -1.66. The molecular weight excluding hydrogens is 384 g/mol. The summed E-state index contributed by atoms with van der Waals surface area (Å²) in [7, 11) is 0. The van der Waals surface area contributed by atoms with Crippen LogP contribution in [0.3, 0.4) is 0 Å². The third-order valence-electron chi connectivity index (χ3n) is 2.64. The average molecular weight is 395 g/mol. The second kappa shape index (κ2) is 7.80. The number of halogens is 4. The second-order valence-corrected chi connectivity index (χ2v) is 8.32. The summed E-state index contributed by atoms with van der Waals surface area (Å²) in [6, 6.07) is 15.9. The largest absolute Gasteiger partial charge is 0.336 e. The Morgan fingerprint density at radius 2 is 1.73 bits per heavy atom. The summed E-state index contributed by atoms with van der Waals surface area (Å²) in [4.78, 5) is 13.2. The maximum Gasteiger partial charge on any atom is 0.252 e. The van der Waals surface area contributed by atoms with E-state index >= 15 is 0 Å². The van der Waals surface area contributed by atoms with Crippen molar-refractivity contribution in [1.82, 2.24) is 5.32 Å². The molecule has 2 rings (SSSR count). The molecule has 0 fully saturated rings. The Morgan fingerprint density at radius 3 is 2.32 bits per heavy atom. The lowest BCUT2D eigenvalue weighted by atomic mass is 10.2. The van der Waals surface area contributed by atoms with Crippen LogP contribution in [0, 0.1) is 0 Å². The van der Waals surface area contributed by atoms with Crippen LogP contribution in [0.2, 0.25) is 5.02 Å². The first-order chi connectivity index (χ1) is 10.4. The smallest absolute Gasteiger partial charge is 0.252 e. The minimum absolute atomic E-state index is 0.359. The van der Waals surface area contributed by atoms with Gasteiger partial charge in [0.15, 0.2) is 0 Å². The highest BCUT2D eigenvalue weighted by atomic mass is 35.6. The maximum absolute atomic E-state index is 12.3. The zero-order chi connectivity index (χ0) is 16.2. The Morgan fingerprint density at radius 1 is 1.05 bits per heavy atom. The molecule has 0 aliphatic heterocycles. The van der Waals surface area contributed by atoms with Gasteiger partial charge >= 0.3 is 0 Å². The fraction of sp³-hybridized carbons (Fsp3) is 0.133. The zero-order valence-corrected chi connectivity index (χ0v) is 14.9. The molecule has 1 N–H and O–H groups in total. The molecule has 1 atom stereocenters. The topological polar surface area (TPSA) is 29.1 Å². The quantitative estimate of drug-likeness (QED) is 0.417. The van der Waals surface area contributed by atoms with Crippen LogP contribution in [0.5, 0.6) is 0 Å². The van der Waals surface area contributed by atoms with Gasteiger partial charge in [0, 0.05) is 15.5 Å². The minimum atomic E-state index is -1.66. The molecule has 22 heavy (non-hydrogen) atoms. The van der Waals surface area contributed by atoms with Gasteiger partial charge in [-0.1, -0.05) is 82.4 Å². The molecule has 0 aliphatic carbocycles. The third-order valence-corrected chi connectivity index (χ3v) is 5.17. The van der Waals surface area contributed by atoms with Gasteiger partial charge in [0.05, 0.1) is 0 Å². The van der Waals surface area contributed by atoms with Crippen molar-refractivity contribution in [3.8, 4) is 0 Å². The Hall–Kier alpha value is -0.580. The number of hydrogen-bond donors (Lipinski definition) is 1. The first-order valence-corrected chi connectivity index (χ1v) is 8.60. The minimum Gasteiger partial charge on any atom is -0.336 e. The number of benzene rings is 2. The van der Waals surface area contributed by atoms with Crippen molar-refractivity contribution in [3.05, 3.63) is 65.2 Å². The summed E-state index contributed by atoms with van der Waals surface area (Å²) in [5, 5.41) is 2.44. The van der Waals surface area contributed by atoms with E-state index in [4.69, 9.17) is 46.4 Å². The molecular formula is C15H11Cl4NOS. The SMILES string of the molecule is O=C(N[C@H](Sc1ccccc1)C(Cl)(Cl)Cl)c1cccc(Cl)c1. The standard InChI is InChI=1S/C15H11Cl4NOS/c16-11-6-4-5-10(9-11)13(21)20-14(15(17,18)19)22-12-7-2-1-3-8-12/h1-9,14H,(H,20,21)/t14-/m1/s1. The van der Waals surface area contributed by atoms with E-state index in [1.807, 2.05) is 30.3 Å². The summed E-state index contributed by atoms with van der Waals surface area (Å²) in [5.74, 6) is -0.359. The highest BCUT2D eigenvalue weighted by Crippen LogP contribution is 2.39. The number of amides is 1. The van der Waals surface area contributed by atoms with Crippen LogP contribution >= 0.6 is 58.2 Å². The summed E-state index contributed by atoms with van der Waals surface area (Å²) in [6.07, 6.45) is 0. The van der Waals surface area contributed by atoms with Gasteiger partial charge in [-0.05, 0) is 30.3 Å². The van der Waals surface area contributed by atoms with E-state index in [0.29, 0.717) is 10.6 Å². The lowest BCUT2D eigenvalue weighted by Crippen LogP contribution is -2.41. The molecule has 2 nitrogen and oxygen atoms in total. The van der Waals surface area contributed by atoms with Gasteiger partial charge in [-0.2, -0.15) is 0 Å². The molecule has 0 bridgehead atoms. The van der Waals surface area contributed by atoms with Gasteiger partial charge in [-0.3, -0.25) is 4.79 Å². The van der Waals surface area contributed by atoms with Crippen molar-refractivity contribution in [3.63, 3.8) is 0 Å². The van der Waals surface area contributed by atoms with Crippen LogP contribution in [0.15, 0.2) is 59.5 Å². The van der Waals surface area contributed by atoms with Crippen LogP contribution in [-0.2, 0) is 0 Å². The average Bonchev–Trinajstić information content (AvgIpc) is 2.46. The normalized spacial score (nSPS) is 12.7. The molecule has 2 aromatic rings. The Balaban J connectivity index is 2.15. The Labute approximate surface area is 153 Å². The predicted octanol–water partition coefficient (Wildman–Crippen LogP) is 5.56. The highest BCUT2D eigenvalue weighted by Gasteiger charge is 2.35. The zero-order valence-electron chi connectivity index (χ0n) is 11.1.